The minimum Gasteiger partial charge on any atom is -0.148 e. The first-order valence-electron chi connectivity index (χ1n) is 15.3. The second-order valence-corrected chi connectivity index (χ2v) is 16.4. The van der Waals surface area contributed by atoms with Crippen molar-refractivity contribution in [3.63, 3.8) is 0 Å². The van der Waals surface area contributed by atoms with E-state index in [1.807, 2.05) is 0 Å². The summed E-state index contributed by atoms with van der Waals surface area (Å²) >= 11 is 29.7. The Morgan fingerprint density at radius 3 is 1.63 bits per heavy atom. The first-order chi connectivity index (χ1) is 20.1. The van der Waals surface area contributed by atoms with Crippen molar-refractivity contribution < 1.29 is 0 Å². The quantitative estimate of drug-likeness (QED) is 0.119. The van der Waals surface area contributed by atoms with E-state index in [1.165, 1.54) is 28.7 Å². The van der Waals surface area contributed by atoms with Crippen LogP contribution >= 0.6 is 75.8 Å². The fraction of sp³-hybridized carbons (Fsp3) is 0.459. The summed E-state index contributed by atoms with van der Waals surface area (Å²) in [5.41, 5.74) is 3.97. The Labute approximate surface area is 294 Å². The standard InChI is InChI=1S/C37H48S6/c1-22-11-14-29(32(41)19-22)35(6,25(4)23(2)24(3)26(5)38)37(17-9-8-10-18-37)36(7,30-15-12-27(39)20-33(30)42)31-16-13-28(40)21-34(31)43/h11-16,19-21,23-25,38-43H,5,8-10,17-18H2,1-4,6-7H3/t23-,24?,25+,35?/m0/s1. The van der Waals surface area contributed by atoms with Gasteiger partial charge >= 0.3 is 0 Å². The van der Waals surface area contributed by atoms with Crippen LogP contribution in [0.4, 0.5) is 0 Å². The normalized spacial score (nSPS) is 18.9. The molecule has 0 N–H and O–H groups in total. The van der Waals surface area contributed by atoms with Crippen LogP contribution in [-0.2, 0) is 10.8 Å². The van der Waals surface area contributed by atoms with Gasteiger partial charge in [0.2, 0.25) is 0 Å². The van der Waals surface area contributed by atoms with Gasteiger partial charge in [0, 0.05) is 35.3 Å². The molecule has 1 fully saturated rings. The Hall–Kier alpha value is -0.500. The van der Waals surface area contributed by atoms with Crippen molar-refractivity contribution in [2.24, 2.45) is 23.2 Å². The average molecular weight is 685 g/mol. The molecule has 0 aromatic heterocycles. The van der Waals surface area contributed by atoms with Crippen molar-refractivity contribution in [3.05, 3.63) is 88.3 Å². The Morgan fingerprint density at radius 2 is 1.19 bits per heavy atom. The molecule has 1 saturated carbocycles. The summed E-state index contributed by atoms with van der Waals surface area (Å²) in [6.07, 6.45) is 5.69. The van der Waals surface area contributed by atoms with Gasteiger partial charge in [0.05, 0.1) is 0 Å². The SMILES string of the molecule is C=C(S)C(C)[C@H](C)[C@@H](C)C(C)(c1ccc(C)cc1S)C1(C(C)(c2ccc(S)cc2S)c2ccc(S)cc2S)CCCCC1. The van der Waals surface area contributed by atoms with Gasteiger partial charge in [0.25, 0.3) is 0 Å². The van der Waals surface area contributed by atoms with Crippen LogP contribution in [0, 0.1) is 30.1 Å². The van der Waals surface area contributed by atoms with E-state index in [0.29, 0.717) is 5.92 Å². The van der Waals surface area contributed by atoms with Crippen LogP contribution in [0.25, 0.3) is 0 Å². The van der Waals surface area contributed by atoms with E-state index in [0.717, 1.165) is 55.1 Å². The monoisotopic (exact) mass is 684 g/mol. The lowest BCUT2D eigenvalue weighted by atomic mass is 9.39. The summed E-state index contributed by atoms with van der Waals surface area (Å²) in [5.74, 6) is 0.821. The summed E-state index contributed by atoms with van der Waals surface area (Å²) < 4.78 is 0. The number of thiol groups is 6. The lowest BCUT2D eigenvalue weighted by Crippen LogP contribution is -2.61. The molecule has 4 atom stereocenters. The number of hydrogen-bond donors (Lipinski definition) is 6. The Kier molecular flexibility index (Phi) is 11.3. The largest absolute Gasteiger partial charge is 0.148 e. The number of hydrogen-bond acceptors (Lipinski definition) is 6. The molecule has 0 saturated heterocycles. The third-order valence-electron chi connectivity index (χ3n) is 11.4. The van der Waals surface area contributed by atoms with E-state index in [9.17, 15) is 0 Å². The van der Waals surface area contributed by atoms with Gasteiger partial charge in [0.1, 0.15) is 0 Å². The van der Waals surface area contributed by atoms with E-state index in [1.54, 1.807) is 0 Å². The Morgan fingerprint density at radius 1 is 0.721 bits per heavy atom. The predicted molar refractivity (Wildman–Crippen MR) is 205 cm³/mol. The van der Waals surface area contributed by atoms with E-state index < -0.39 is 5.41 Å². The van der Waals surface area contributed by atoms with Crippen LogP contribution in [0.5, 0.6) is 0 Å². The topological polar surface area (TPSA) is 0 Å². The van der Waals surface area contributed by atoms with Crippen molar-refractivity contribution in [1.29, 1.82) is 0 Å². The van der Waals surface area contributed by atoms with Gasteiger partial charge in [-0.25, -0.2) is 0 Å². The third kappa shape index (κ3) is 6.16. The molecule has 6 heteroatoms. The lowest BCUT2D eigenvalue weighted by Gasteiger charge is -2.64. The van der Waals surface area contributed by atoms with Gasteiger partial charge in [-0.3, -0.25) is 0 Å². The number of benzene rings is 3. The van der Waals surface area contributed by atoms with Crippen LogP contribution in [0.3, 0.4) is 0 Å². The molecule has 1 aliphatic rings. The smallest absolute Gasteiger partial charge is 0.0261 e. The summed E-state index contributed by atoms with van der Waals surface area (Å²) in [6, 6.07) is 19.8. The molecule has 0 heterocycles. The zero-order valence-electron chi connectivity index (χ0n) is 26.4. The molecule has 0 amide bonds. The van der Waals surface area contributed by atoms with E-state index in [-0.39, 0.29) is 22.7 Å². The minimum atomic E-state index is -0.459. The van der Waals surface area contributed by atoms with Gasteiger partial charge in [-0.15, -0.1) is 75.8 Å². The predicted octanol–water partition coefficient (Wildman–Crippen LogP) is 12.0. The van der Waals surface area contributed by atoms with Crippen molar-refractivity contribution in [2.45, 2.75) is 109 Å². The molecule has 43 heavy (non-hydrogen) atoms. The molecule has 232 valence electrons. The second kappa shape index (κ2) is 13.7. The van der Waals surface area contributed by atoms with E-state index >= 15 is 0 Å². The first-order valence-corrected chi connectivity index (χ1v) is 18.0. The fourth-order valence-corrected chi connectivity index (χ4v) is 10.8. The van der Waals surface area contributed by atoms with Crippen LogP contribution in [0.15, 0.2) is 90.6 Å². The van der Waals surface area contributed by atoms with Crippen LogP contribution in [0.2, 0.25) is 0 Å². The highest BCUT2D eigenvalue weighted by atomic mass is 32.1. The zero-order chi connectivity index (χ0) is 31.9. The fourth-order valence-electron chi connectivity index (χ4n) is 8.52. The zero-order valence-corrected chi connectivity index (χ0v) is 31.7. The van der Waals surface area contributed by atoms with Crippen molar-refractivity contribution in [1.82, 2.24) is 0 Å². The molecule has 0 spiro atoms. The van der Waals surface area contributed by atoms with Crippen LogP contribution in [0.1, 0.15) is 89.0 Å². The van der Waals surface area contributed by atoms with E-state index in [2.05, 4.69) is 103 Å². The Balaban J connectivity index is 2.21. The molecule has 0 radical (unpaired) electrons. The van der Waals surface area contributed by atoms with Crippen molar-refractivity contribution in [3.8, 4) is 0 Å². The van der Waals surface area contributed by atoms with Crippen LogP contribution < -0.4 is 0 Å². The van der Waals surface area contributed by atoms with Gasteiger partial charge in [-0.05, 0) is 94.9 Å². The summed E-state index contributed by atoms with van der Waals surface area (Å²) in [5, 5.41) is 0. The molecule has 3 aromatic carbocycles. The minimum absolute atomic E-state index is 0.221. The van der Waals surface area contributed by atoms with Crippen molar-refractivity contribution in [2.75, 3.05) is 0 Å². The first kappa shape index (κ1) is 35.4. The summed E-state index contributed by atoms with van der Waals surface area (Å²) in [4.78, 5) is 5.72. The molecular formula is C37H48S6. The highest BCUT2D eigenvalue weighted by molar-refractivity contribution is 7.84. The molecule has 0 aliphatic heterocycles. The summed E-state index contributed by atoms with van der Waals surface area (Å²) in [6.45, 7) is 18.5. The second-order valence-electron chi connectivity index (χ2n) is 13.3. The maximum Gasteiger partial charge on any atom is 0.0261 e. The van der Waals surface area contributed by atoms with Gasteiger partial charge < -0.3 is 0 Å². The molecule has 3 aromatic rings. The molecule has 4 rings (SSSR count). The highest BCUT2D eigenvalue weighted by Crippen LogP contribution is 2.68. The van der Waals surface area contributed by atoms with Gasteiger partial charge in [0.15, 0.2) is 0 Å². The van der Waals surface area contributed by atoms with Gasteiger partial charge in [-0.2, -0.15) is 0 Å². The van der Waals surface area contributed by atoms with Crippen LogP contribution in [-0.4, -0.2) is 0 Å². The maximum absolute atomic E-state index is 5.23. The number of aryl methyl sites for hydroxylation is 1. The highest BCUT2D eigenvalue weighted by Gasteiger charge is 2.63. The lowest BCUT2D eigenvalue weighted by molar-refractivity contribution is -0.0430. The molecule has 1 aliphatic carbocycles. The molecule has 2 unspecified atom stereocenters. The number of allylic oxidation sites excluding steroid dienone is 1. The van der Waals surface area contributed by atoms with Gasteiger partial charge in [-0.1, -0.05) is 90.3 Å². The third-order valence-corrected chi connectivity index (χ3v) is 13.5. The Bertz CT molecular complexity index is 1430. The van der Waals surface area contributed by atoms with E-state index in [4.69, 9.17) is 75.8 Å². The molecule has 0 bridgehead atoms. The average Bonchev–Trinajstić information content (AvgIpc) is 2.95. The maximum atomic E-state index is 5.23. The molecular weight excluding hydrogens is 637 g/mol. The summed E-state index contributed by atoms with van der Waals surface area (Å²) in [7, 11) is 0. The molecule has 0 nitrogen and oxygen atoms in total. The van der Waals surface area contributed by atoms with Crippen molar-refractivity contribution >= 4 is 75.8 Å². The number of rotatable bonds is 9.